The SMILES string of the molecule is OC(c1ccc2c(c1)CCO2)c1ccc(Br)cn1. The van der Waals surface area contributed by atoms with Crippen LogP contribution in [-0.4, -0.2) is 16.7 Å². The molecule has 2 aromatic rings. The molecule has 1 aromatic heterocycles. The number of benzene rings is 1. The van der Waals surface area contributed by atoms with Crippen molar-refractivity contribution >= 4 is 15.9 Å². The van der Waals surface area contributed by atoms with Crippen molar-refractivity contribution in [3.8, 4) is 5.75 Å². The van der Waals surface area contributed by atoms with Crippen LogP contribution in [-0.2, 0) is 6.42 Å². The monoisotopic (exact) mass is 305 g/mol. The molecule has 3 rings (SSSR count). The van der Waals surface area contributed by atoms with Crippen molar-refractivity contribution in [3.05, 3.63) is 57.8 Å². The summed E-state index contributed by atoms with van der Waals surface area (Å²) in [4.78, 5) is 4.22. The van der Waals surface area contributed by atoms with Crippen LogP contribution in [0.25, 0.3) is 0 Å². The molecule has 0 bridgehead atoms. The Kier molecular flexibility index (Phi) is 3.06. The normalized spacial score (nSPS) is 15.0. The average Bonchev–Trinajstić information content (AvgIpc) is 2.86. The molecule has 1 aliphatic rings. The van der Waals surface area contributed by atoms with Gasteiger partial charge in [-0.2, -0.15) is 0 Å². The second-order valence-corrected chi connectivity index (χ2v) is 5.19. The van der Waals surface area contributed by atoms with E-state index in [0.29, 0.717) is 5.69 Å². The number of halogens is 1. The molecule has 1 unspecified atom stereocenters. The first-order valence-corrected chi connectivity index (χ1v) is 6.58. The summed E-state index contributed by atoms with van der Waals surface area (Å²) in [5.74, 6) is 0.926. The molecular weight excluding hydrogens is 294 g/mol. The van der Waals surface area contributed by atoms with E-state index in [-0.39, 0.29) is 0 Å². The summed E-state index contributed by atoms with van der Waals surface area (Å²) < 4.78 is 6.35. The number of hydrogen-bond acceptors (Lipinski definition) is 3. The van der Waals surface area contributed by atoms with Crippen LogP contribution in [0, 0.1) is 0 Å². The van der Waals surface area contributed by atoms with E-state index in [1.54, 1.807) is 6.20 Å². The number of fused-ring (bicyclic) bond motifs is 1. The smallest absolute Gasteiger partial charge is 0.122 e. The Balaban J connectivity index is 1.92. The predicted octanol–water partition coefficient (Wildman–Crippen LogP) is 2.86. The maximum atomic E-state index is 10.3. The Labute approximate surface area is 114 Å². The van der Waals surface area contributed by atoms with E-state index in [9.17, 15) is 5.11 Å². The van der Waals surface area contributed by atoms with Gasteiger partial charge in [0.25, 0.3) is 0 Å². The Hall–Kier alpha value is -1.39. The van der Waals surface area contributed by atoms with Gasteiger partial charge in [-0.1, -0.05) is 6.07 Å². The van der Waals surface area contributed by atoms with Crippen molar-refractivity contribution < 1.29 is 9.84 Å². The minimum absolute atomic E-state index is 0.650. The zero-order chi connectivity index (χ0) is 12.5. The first kappa shape index (κ1) is 11.7. The predicted molar refractivity (Wildman–Crippen MR) is 71.6 cm³/mol. The third kappa shape index (κ3) is 2.13. The van der Waals surface area contributed by atoms with Crippen LogP contribution in [0.5, 0.6) is 5.75 Å². The highest BCUT2D eigenvalue weighted by atomic mass is 79.9. The number of ether oxygens (including phenoxy) is 1. The summed E-state index contributed by atoms with van der Waals surface area (Å²) in [6, 6.07) is 9.50. The van der Waals surface area contributed by atoms with E-state index >= 15 is 0 Å². The summed E-state index contributed by atoms with van der Waals surface area (Å²) in [6.45, 7) is 0.728. The molecule has 0 spiro atoms. The van der Waals surface area contributed by atoms with Gasteiger partial charge in [0.05, 0.1) is 12.3 Å². The van der Waals surface area contributed by atoms with Crippen molar-refractivity contribution in [2.75, 3.05) is 6.61 Å². The fourth-order valence-electron chi connectivity index (χ4n) is 2.10. The van der Waals surface area contributed by atoms with E-state index in [4.69, 9.17) is 4.74 Å². The second-order valence-electron chi connectivity index (χ2n) is 4.27. The largest absolute Gasteiger partial charge is 0.493 e. The van der Waals surface area contributed by atoms with Gasteiger partial charge in [-0.15, -0.1) is 0 Å². The van der Waals surface area contributed by atoms with Crippen molar-refractivity contribution in [2.45, 2.75) is 12.5 Å². The molecule has 0 radical (unpaired) electrons. The summed E-state index contributed by atoms with van der Waals surface area (Å²) in [5, 5.41) is 10.3. The van der Waals surface area contributed by atoms with Gasteiger partial charge >= 0.3 is 0 Å². The molecule has 92 valence electrons. The highest BCUT2D eigenvalue weighted by molar-refractivity contribution is 9.10. The molecule has 1 aromatic carbocycles. The molecule has 2 heterocycles. The van der Waals surface area contributed by atoms with Crippen LogP contribution in [0.15, 0.2) is 41.0 Å². The third-order valence-corrected chi connectivity index (χ3v) is 3.53. The van der Waals surface area contributed by atoms with Gasteiger partial charge < -0.3 is 9.84 Å². The standard InChI is InChI=1S/C14H12BrNO2/c15-11-2-3-12(16-8-11)14(17)10-1-4-13-9(7-10)5-6-18-13/h1-4,7-8,14,17H,5-6H2. The molecular formula is C14H12BrNO2. The fraction of sp³-hybridized carbons (Fsp3) is 0.214. The molecule has 0 saturated heterocycles. The molecule has 1 atom stereocenters. The maximum absolute atomic E-state index is 10.3. The third-order valence-electron chi connectivity index (χ3n) is 3.06. The molecule has 18 heavy (non-hydrogen) atoms. The van der Waals surface area contributed by atoms with Crippen LogP contribution in [0.2, 0.25) is 0 Å². The lowest BCUT2D eigenvalue weighted by atomic mass is 10.0. The van der Waals surface area contributed by atoms with Gasteiger partial charge in [0, 0.05) is 17.1 Å². The topological polar surface area (TPSA) is 42.4 Å². The number of aromatic nitrogens is 1. The van der Waals surface area contributed by atoms with E-state index in [1.165, 1.54) is 0 Å². The van der Waals surface area contributed by atoms with Crippen molar-refractivity contribution in [1.29, 1.82) is 0 Å². The molecule has 3 nitrogen and oxygen atoms in total. The van der Waals surface area contributed by atoms with Gasteiger partial charge in [0.1, 0.15) is 11.9 Å². The Morgan fingerprint density at radius 1 is 1.28 bits per heavy atom. The first-order chi connectivity index (χ1) is 8.74. The van der Waals surface area contributed by atoms with Crippen LogP contribution >= 0.6 is 15.9 Å². The zero-order valence-electron chi connectivity index (χ0n) is 9.64. The van der Waals surface area contributed by atoms with Crippen molar-refractivity contribution in [2.24, 2.45) is 0 Å². The number of aliphatic hydroxyl groups is 1. The number of pyridine rings is 1. The summed E-state index contributed by atoms with van der Waals surface area (Å²) in [7, 11) is 0. The minimum Gasteiger partial charge on any atom is -0.493 e. The first-order valence-electron chi connectivity index (χ1n) is 5.79. The van der Waals surface area contributed by atoms with Gasteiger partial charge in [0.15, 0.2) is 0 Å². The summed E-state index contributed by atoms with van der Waals surface area (Å²) in [5.41, 5.74) is 2.66. The second kappa shape index (κ2) is 4.71. The Bertz CT molecular complexity index is 569. The fourth-order valence-corrected chi connectivity index (χ4v) is 2.33. The lowest BCUT2D eigenvalue weighted by molar-refractivity contribution is 0.215. The summed E-state index contributed by atoms with van der Waals surface area (Å²) in [6.07, 6.45) is 1.91. The number of nitrogens with zero attached hydrogens (tertiary/aromatic N) is 1. The van der Waals surface area contributed by atoms with E-state index in [0.717, 1.165) is 34.4 Å². The van der Waals surface area contributed by atoms with Gasteiger partial charge in [-0.25, -0.2) is 0 Å². The minimum atomic E-state index is -0.691. The molecule has 4 heteroatoms. The molecule has 1 aliphatic heterocycles. The van der Waals surface area contributed by atoms with Crippen molar-refractivity contribution in [1.82, 2.24) is 4.98 Å². The molecule has 1 N–H and O–H groups in total. The van der Waals surface area contributed by atoms with Crippen molar-refractivity contribution in [3.63, 3.8) is 0 Å². The summed E-state index contributed by atoms with van der Waals surface area (Å²) >= 11 is 3.33. The van der Waals surface area contributed by atoms with Crippen LogP contribution < -0.4 is 4.74 Å². The number of aliphatic hydroxyl groups excluding tert-OH is 1. The average molecular weight is 306 g/mol. The van der Waals surface area contributed by atoms with Gasteiger partial charge in [0.2, 0.25) is 0 Å². The molecule has 0 amide bonds. The quantitative estimate of drug-likeness (QED) is 0.927. The van der Waals surface area contributed by atoms with Crippen LogP contribution in [0.1, 0.15) is 22.9 Å². The van der Waals surface area contributed by atoms with E-state index in [1.807, 2.05) is 30.3 Å². The van der Waals surface area contributed by atoms with Crippen LogP contribution in [0.4, 0.5) is 0 Å². The van der Waals surface area contributed by atoms with E-state index in [2.05, 4.69) is 20.9 Å². The maximum Gasteiger partial charge on any atom is 0.122 e. The zero-order valence-corrected chi connectivity index (χ0v) is 11.2. The molecule has 0 saturated carbocycles. The highest BCUT2D eigenvalue weighted by Gasteiger charge is 2.17. The van der Waals surface area contributed by atoms with E-state index < -0.39 is 6.10 Å². The Morgan fingerprint density at radius 2 is 2.17 bits per heavy atom. The Morgan fingerprint density at radius 3 is 2.94 bits per heavy atom. The lowest BCUT2D eigenvalue weighted by Crippen LogP contribution is -2.02. The number of hydrogen-bond donors (Lipinski definition) is 1. The van der Waals surface area contributed by atoms with Crippen LogP contribution in [0.3, 0.4) is 0 Å². The lowest BCUT2D eigenvalue weighted by Gasteiger charge is -2.11. The highest BCUT2D eigenvalue weighted by Crippen LogP contribution is 2.30. The van der Waals surface area contributed by atoms with Gasteiger partial charge in [-0.05, 0) is 51.3 Å². The molecule has 0 fully saturated rings. The van der Waals surface area contributed by atoms with Gasteiger partial charge in [-0.3, -0.25) is 4.98 Å². The molecule has 0 aliphatic carbocycles. The number of rotatable bonds is 2.